The Morgan fingerprint density at radius 1 is 1.11 bits per heavy atom. The third kappa shape index (κ3) is 4.77. The molecule has 1 aromatic rings. The lowest BCUT2D eigenvalue weighted by atomic mass is 10.1. The van der Waals surface area contributed by atoms with Gasteiger partial charge in [-0.3, -0.25) is 9.28 Å². The second-order valence-corrected chi connectivity index (χ2v) is 4.35. The number of allylic oxidation sites excluding steroid dienone is 1. The molecule has 2 nitrogen and oxygen atoms in total. The van der Waals surface area contributed by atoms with Crippen LogP contribution in [0.1, 0.15) is 31.1 Å². The monoisotopic (exact) mass is 285 g/mol. The lowest BCUT2D eigenvalue weighted by molar-refractivity contribution is -0.874. The number of hydrogen-bond acceptors (Lipinski definition) is 1. The molecule has 0 heterocycles. The first-order chi connectivity index (χ1) is 8.56. The zero-order valence-electron chi connectivity index (χ0n) is 11.7. The normalized spacial score (nSPS) is 11.4. The summed E-state index contributed by atoms with van der Waals surface area (Å²) in [6.45, 7) is 9.21. The summed E-state index contributed by atoms with van der Waals surface area (Å²) in [4.78, 5) is 11.9. The van der Waals surface area contributed by atoms with Crippen LogP contribution in [0.15, 0.2) is 36.5 Å². The van der Waals surface area contributed by atoms with Crippen molar-refractivity contribution in [1.82, 2.24) is 0 Å². The Morgan fingerprint density at radius 2 is 1.58 bits per heavy atom. The van der Waals surface area contributed by atoms with Gasteiger partial charge in [0.25, 0.3) is 0 Å². The van der Waals surface area contributed by atoms with E-state index in [-0.39, 0.29) is 24.0 Å². The van der Waals surface area contributed by atoms with Crippen LogP contribution >= 0.6 is 0 Å². The number of quaternary nitrogens is 1. The Hall–Kier alpha value is -1.19. The first-order valence-corrected chi connectivity index (χ1v) is 6.41. The molecule has 0 radical (unpaired) electrons. The molecular weight excluding hydrogens is 265 g/mol. The van der Waals surface area contributed by atoms with Crippen molar-refractivity contribution in [3.63, 3.8) is 0 Å². The van der Waals surface area contributed by atoms with Gasteiger partial charge < -0.3 is 12.4 Å². The van der Waals surface area contributed by atoms with Crippen LogP contribution in [0.3, 0.4) is 0 Å². The highest BCUT2D eigenvalue weighted by Gasteiger charge is 2.17. The average Bonchev–Trinajstić information content (AvgIpc) is 2.41. The zero-order chi connectivity index (χ0) is 13.6. The number of carbonyl (C=O) groups is 1. The van der Waals surface area contributed by atoms with E-state index < -0.39 is 0 Å². The van der Waals surface area contributed by atoms with E-state index in [1.807, 2.05) is 6.20 Å². The molecule has 0 spiro atoms. The minimum absolute atomic E-state index is 0. The highest BCUT2D eigenvalue weighted by molar-refractivity contribution is 6.04. The van der Waals surface area contributed by atoms with E-state index in [0.29, 0.717) is 5.56 Å². The number of rotatable bonds is 6. The highest BCUT2D eigenvalue weighted by Crippen LogP contribution is 2.09. The lowest BCUT2D eigenvalue weighted by Gasteiger charge is -2.31. The second-order valence-electron chi connectivity index (χ2n) is 4.35. The van der Waals surface area contributed by atoms with Crippen LogP contribution in [0.4, 0.5) is 4.39 Å². The third-order valence-electron chi connectivity index (χ3n) is 3.56. The van der Waals surface area contributed by atoms with Gasteiger partial charge in [0, 0.05) is 11.6 Å². The summed E-state index contributed by atoms with van der Waals surface area (Å²) in [5.74, 6) is -0.399. The van der Waals surface area contributed by atoms with E-state index in [0.717, 1.165) is 24.1 Å². The molecule has 0 amide bonds. The molecule has 0 aliphatic carbocycles. The third-order valence-corrected chi connectivity index (χ3v) is 3.56. The van der Waals surface area contributed by atoms with Crippen molar-refractivity contribution in [1.29, 1.82) is 0 Å². The van der Waals surface area contributed by atoms with Gasteiger partial charge in [0.1, 0.15) is 5.82 Å². The van der Waals surface area contributed by atoms with Gasteiger partial charge in [0.2, 0.25) is 0 Å². The van der Waals surface area contributed by atoms with Crippen molar-refractivity contribution >= 4 is 5.78 Å². The molecular formula is C15H21ClFNO. The van der Waals surface area contributed by atoms with Crippen molar-refractivity contribution in [3.8, 4) is 0 Å². The molecule has 19 heavy (non-hydrogen) atoms. The van der Waals surface area contributed by atoms with Crippen LogP contribution in [0, 0.1) is 5.82 Å². The molecule has 0 unspecified atom stereocenters. The summed E-state index contributed by atoms with van der Waals surface area (Å²) in [6.07, 6.45) is 3.55. The van der Waals surface area contributed by atoms with Crippen LogP contribution in [-0.4, -0.2) is 29.9 Å². The molecule has 1 rings (SSSR count). The van der Waals surface area contributed by atoms with Gasteiger partial charge in [0.15, 0.2) is 5.78 Å². The quantitative estimate of drug-likeness (QED) is 0.420. The average molecular weight is 286 g/mol. The lowest BCUT2D eigenvalue weighted by Crippen LogP contribution is -3.00. The van der Waals surface area contributed by atoms with Crippen LogP contribution in [0.2, 0.25) is 0 Å². The van der Waals surface area contributed by atoms with Gasteiger partial charge >= 0.3 is 0 Å². The summed E-state index contributed by atoms with van der Waals surface area (Å²) in [6, 6.07) is 5.65. The van der Waals surface area contributed by atoms with E-state index in [9.17, 15) is 9.18 Å². The minimum Gasteiger partial charge on any atom is -1.00 e. The summed E-state index contributed by atoms with van der Waals surface area (Å²) >= 11 is 0. The Bertz CT molecular complexity index is 416. The van der Waals surface area contributed by atoms with Crippen molar-refractivity contribution in [2.45, 2.75) is 20.8 Å². The zero-order valence-corrected chi connectivity index (χ0v) is 12.5. The fraction of sp³-hybridized carbons (Fsp3) is 0.400. The Kier molecular flexibility index (Phi) is 7.57. The maximum Gasteiger partial charge on any atom is 0.191 e. The molecule has 0 bridgehead atoms. The number of halogens is 2. The largest absolute Gasteiger partial charge is 1.00 e. The van der Waals surface area contributed by atoms with Gasteiger partial charge in [-0.1, -0.05) is 0 Å². The molecule has 0 aliphatic rings. The molecule has 4 heteroatoms. The van der Waals surface area contributed by atoms with E-state index in [1.165, 1.54) is 24.3 Å². The molecule has 106 valence electrons. The van der Waals surface area contributed by atoms with E-state index in [4.69, 9.17) is 0 Å². The molecule has 0 saturated carbocycles. The second kappa shape index (κ2) is 8.08. The topological polar surface area (TPSA) is 17.1 Å². The molecule has 0 aliphatic heterocycles. The first-order valence-electron chi connectivity index (χ1n) is 6.41. The first kappa shape index (κ1) is 17.8. The van der Waals surface area contributed by atoms with Crippen LogP contribution in [0.25, 0.3) is 0 Å². The van der Waals surface area contributed by atoms with Crippen molar-refractivity contribution in [3.05, 3.63) is 47.9 Å². The van der Waals surface area contributed by atoms with Crippen molar-refractivity contribution < 1.29 is 26.1 Å². The van der Waals surface area contributed by atoms with Crippen molar-refractivity contribution in [2.75, 3.05) is 19.6 Å². The summed E-state index contributed by atoms with van der Waals surface area (Å²) in [5, 5.41) is 0. The van der Waals surface area contributed by atoms with Crippen LogP contribution < -0.4 is 12.4 Å². The Balaban J connectivity index is 0.00000324. The van der Waals surface area contributed by atoms with Crippen molar-refractivity contribution in [2.24, 2.45) is 0 Å². The molecule has 0 saturated heterocycles. The van der Waals surface area contributed by atoms with Gasteiger partial charge in [0.05, 0.1) is 25.8 Å². The van der Waals surface area contributed by atoms with E-state index >= 15 is 0 Å². The predicted octanol–water partition coefficient (Wildman–Crippen LogP) is 0.403. The standard InChI is InChI=1S/C15H21FNO.ClH/c1-4-17(5-2,6-3)12-11-15(18)13-7-9-14(16)10-8-13;/h7-12H,4-6H2,1-3H3;1H/q+1;/p-1/b12-11+;. The summed E-state index contributed by atoms with van der Waals surface area (Å²) < 4.78 is 13.5. The van der Waals surface area contributed by atoms with Gasteiger partial charge in [-0.05, 0) is 45.0 Å². The molecule has 0 N–H and O–H groups in total. The number of hydrogen-bond donors (Lipinski definition) is 0. The minimum atomic E-state index is -0.323. The van der Waals surface area contributed by atoms with E-state index in [2.05, 4.69) is 20.8 Å². The Labute approximate surface area is 120 Å². The Morgan fingerprint density at radius 3 is 2.00 bits per heavy atom. The number of ketones is 1. The van der Waals surface area contributed by atoms with Crippen LogP contribution in [0.5, 0.6) is 0 Å². The number of carbonyl (C=O) groups excluding carboxylic acids is 1. The smallest absolute Gasteiger partial charge is 0.191 e. The van der Waals surface area contributed by atoms with Crippen LogP contribution in [-0.2, 0) is 0 Å². The SMILES string of the molecule is CC[N+](/C=C/C(=O)c1ccc(F)cc1)(CC)CC.[Cl-]. The summed E-state index contributed by atoms with van der Waals surface area (Å²) in [5.41, 5.74) is 0.522. The van der Waals surface area contributed by atoms with Gasteiger partial charge in [-0.15, -0.1) is 0 Å². The number of nitrogens with zero attached hydrogens (tertiary/aromatic N) is 1. The highest BCUT2D eigenvalue weighted by atomic mass is 35.5. The fourth-order valence-electron chi connectivity index (χ4n) is 1.92. The predicted molar refractivity (Wildman–Crippen MR) is 71.8 cm³/mol. The summed E-state index contributed by atoms with van der Waals surface area (Å²) in [7, 11) is 0. The van der Waals surface area contributed by atoms with Gasteiger partial charge in [-0.25, -0.2) is 4.39 Å². The number of benzene rings is 1. The molecule has 0 atom stereocenters. The molecule has 0 fully saturated rings. The maximum atomic E-state index is 12.8. The maximum absolute atomic E-state index is 12.8. The molecule has 1 aromatic carbocycles. The van der Waals surface area contributed by atoms with E-state index in [1.54, 1.807) is 6.08 Å². The van der Waals surface area contributed by atoms with Gasteiger partial charge in [-0.2, -0.15) is 0 Å². The molecule has 0 aromatic heterocycles. The fourth-order valence-corrected chi connectivity index (χ4v) is 1.92.